The molecule has 0 aliphatic carbocycles. The van der Waals surface area contributed by atoms with Crippen LogP contribution in [-0.4, -0.2) is 20.7 Å². The van der Waals surface area contributed by atoms with Crippen LogP contribution >= 0.6 is 11.3 Å². The maximum absolute atomic E-state index is 10.8. The van der Waals surface area contributed by atoms with Gasteiger partial charge in [-0.05, 0) is 36.4 Å². The van der Waals surface area contributed by atoms with E-state index in [1.54, 1.807) is 18.3 Å². The fraction of sp³-hybridized carbons (Fsp3) is 0. The number of fused-ring (bicyclic) bond motifs is 1. The van der Waals surface area contributed by atoms with E-state index in [-0.39, 0.29) is 5.69 Å². The number of hydrogen-bond acceptors (Lipinski definition) is 6. The Morgan fingerprint density at radius 3 is 2.69 bits per heavy atom. The van der Waals surface area contributed by atoms with Gasteiger partial charge in [0.2, 0.25) is 5.13 Å². The van der Waals surface area contributed by atoms with E-state index in [9.17, 15) is 10.1 Å². The van der Waals surface area contributed by atoms with E-state index in [1.165, 1.54) is 23.5 Å². The Balaban J connectivity index is 1.53. The van der Waals surface area contributed by atoms with E-state index in [2.05, 4.69) is 15.5 Å². The molecule has 0 amide bonds. The summed E-state index contributed by atoms with van der Waals surface area (Å²) >= 11 is 1.53. The molecule has 2 aromatic carbocycles. The molecule has 0 radical (unpaired) electrons. The molecule has 0 spiro atoms. The molecule has 4 aromatic rings. The molecule has 0 bridgehead atoms. The third kappa shape index (κ3) is 3.17. The van der Waals surface area contributed by atoms with Crippen LogP contribution in [0.2, 0.25) is 0 Å². The fourth-order valence-electron chi connectivity index (χ4n) is 2.54. The van der Waals surface area contributed by atoms with Crippen molar-refractivity contribution >= 4 is 38.6 Å². The Bertz CT molecular complexity index is 1070. The highest BCUT2D eigenvalue weighted by Gasteiger charge is 2.07. The molecule has 2 aromatic heterocycles. The highest BCUT2D eigenvalue weighted by molar-refractivity contribution is 7.22. The average molecular weight is 363 g/mol. The molecule has 0 saturated carbocycles. The highest BCUT2D eigenvalue weighted by Crippen LogP contribution is 2.25. The van der Waals surface area contributed by atoms with Crippen molar-refractivity contribution in [1.82, 2.24) is 9.55 Å². The summed E-state index contributed by atoms with van der Waals surface area (Å²) in [6.07, 6.45) is 3.56. The Labute approximate surface area is 152 Å². The van der Waals surface area contributed by atoms with Crippen LogP contribution in [0.25, 0.3) is 15.9 Å². The quantitative estimate of drug-likeness (QED) is 0.323. The van der Waals surface area contributed by atoms with Crippen molar-refractivity contribution in [2.24, 2.45) is 5.10 Å². The zero-order valence-corrected chi connectivity index (χ0v) is 14.3. The van der Waals surface area contributed by atoms with E-state index < -0.39 is 4.92 Å². The molecule has 26 heavy (non-hydrogen) atoms. The molecule has 0 unspecified atom stereocenters. The van der Waals surface area contributed by atoms with Crippen LogP contribution in [-0.2, 0) is 0 Å². The van der Waals surface area contributed by atoms with Crippen molar-refractivity contribution < 1.29 is 4.92 Å². The standard InChI is InChI=1S/C18H13N5O2S/c24-23(25)14-9-7-13(8-10-14)22-11-3-4-15(22)12-19-21-18-20-16-5-1-2-6-17(16)26-18/h1-12H,(H,20,21). The first-order chi connectivity index (χ1) is 12.7. The van der Waals surface area contributed by atoms with E-state index in [4.69, 9.17) is 0 Å². The van der Waals surface area contributed by atoms with Crippen LogP contribution in [0.1, 0.15) is 5.69 Å². The minimum atomic E-state index is -0.413. The van der Waals surface area contributed by atoms with Crippen molar-refractivity contribution in [2.45, 2.75) is 0 Å². The van der Waals surface area contributed by atoms with Crippen LogP contribution in [0.4, 0.5) is 10.8 Å². The number of rotatable bonds is 5. The minimum Gasteiger partial charge on any atom is -0.316 e. The van der Waals surface area contributed by atoms with Gasteiger partial charge in [0, 0.05) is 24.0 Å². The number of anilines is 1. The Kier molecular flexibility index (Phi) is 4.16. The summed E-state index contributed by atoms with van der Waals surface area (Å²) in [5, 5.41) is 15.7. The minimum absolute atomic E-state index is 0.0635. The van der Waals surface area contributed by atoms with Crippen molar-refractivity contribution in [3.63, 3.8) is 0 Å². The second-order valence-corrected chi connectivity index (χ2v) is 6.46. The maximum atomic E-state index is 10.8. The van der Waals surface area contributed by atoms with Crippen LogP contribution in [0.15, 0.2) is 72.0 Å². The van der Waals surface area contributed by atoms with Gasteiger partial charge in [-0.3, -0.25) is 15.5 Å². The van der Waals surface area contributed by atoms with Crippen molar-refractivity contribution in [3.05, 3.63) is 82.7 Å². The van der Waals surface area contributed by atoms with Gasteiger partial charge in [0.15, 0.2) is 0 Å². The number of nitro benzene ring substituents is 1. The normalized spacial score (nSPS) is 11.2. The van der Waals surface area contributed by atoms with E-state index in [0.717, 1.165) is 26.7 Å². The molecule has 128 valence electrons. The molecule has 4 rings (SSSR count). The maximum Gasteiger partial charge on any atom is 0.269 e. The summed E-state index contributed by atoms with van der Waals surface area (Å²) in [4.78, 5) is 14.8. The molecule has 0 aliphatic heterocycles. The molecule has 0 saturated heterocycles. The zero-order chi connectivity index (χ0) is 17.9. The van der Waals surface area contributed by atoms with Gasteiger partial charge in [0.05, 0.1) is 27.0 Å². The van der Waals surface area contributed by atoms with Gasteiger partial charge < -0.3 is 4.57 Å². The zero-order valence-electron chi connectivity index (χ0n) is 13.4. The predicted molar refractivity (Wildman–Crippen MR) is 103 cm³/mol. The van der Waals surface area contributed by atoms with Gasteiger partial charge in [-0.15, -0.1) is 0 Å². The van der Waals surface area contributed by atoms with Crippen LogP contribution in [0.3, 0.4) is 0 Å². The number of nitrogens with one attached hydrogen (secondary N) is 1. The molecule has 2 heterocycles. The molecule has 0 aliphatic rings. The average Bonchev–Trinajstić information content (AvgIpc) is 3.28. The summed E-state index contributed by atoms with van der Waals surface area (Å²) in [6, 6.07) is 18.1. The van der Waals surface area contributed by atoms with E-state index >= 15 is 0 Å². The lowest BCUT2D eigenvalue weighted by molar-refractivity contribution is -0.384. The summed E-state index contributed by atoms with van der Waals surface area (Å²) in [7, 11) is 0. The van der Waals surface area contributed by atoms with Gasteiger partial charge in [-0.2, -0.15) is 5.10 Å². The number of nitro groups is 1. The molecule has 7 nitrogen and oxygen atoms in total. The van der Waals surface area contributed by atoms with Gasteiger partial charge in [0.1, 0.15) is 0 Å². The van der Waals surface area contributed by atoms with Crippen LogP contribution in [0, 0.1) is 10.1 Å². The first-order valence-electron chi connectivity index (χ1n) is 7.77. The summed E-state index contributed by atoms with van der Waals surface area (Å²) in [6.45, 7) is 0. The Hall–Kier alpha value is -3.52. The van der Waals surface area contributed by atoms with Gasteiger partial charge in [-0.1, -0.05) is 23.5 Å². The van der Waals surface area contributed by atoms with Crippen molar-refractivity contribution in [3.8, 4) is 5.69 Å². The number of aromatic nitrogens is 2. The number of hydrazone groups is 1. The van der Waals surface area contributed by atoms with Crippen molar-refractivity contribution in [2.75, 3.05) is 5.43 Å². The monoisotopic (exact) mass is 363 g/mol. The second-order valence-electron chi connectivity index (χ2n) is 5.43. The lowest BCUT2D eigenvalue weighted by atomic mass is 10.3. The fourth-order valence-corrected chi connectivity index (χ4v) is 3.36. The third-order valence-corrected chi connectivity index (χ3v) is 4.71. The third-order valence-electron chi connectivity index (χ3n) is 3.77. The first kappa shape index (κ1) is 16.0. The van der Waals surface area contributed by atoms with Crippen LogP contribution in [0.5, 0.6) is 0 Å². The SMILES string of the molecule is O=[N+]([O-])c1ccc(-n2cccc2C=NNc2nc3ccccc3s2)cc1. The summed E-state index contributed by atoms with van der Waals surface area (Å²) in [5.41, 5.74) is 5.61. The predicted octanol–water partition coefficient (Wildman–Crippen LogP) is 4.44. The molecule has 0 fully saturated rings. The molecule has 1 N–H and O–H groups in total. The second kappa shape index (κ2) is 6.77. The molecular formula is C18H13N5O2S. The molecular weight excluding hydrogens is 350 g/mol. The summed E-state index contributed by atoms with van der Waals surface area (Å²) in [5.74, 6) is 0. The molecule has 0 atom stereocenters. The molecule has 8 heteroatoms. The lowest BCUT2D eigenvalue weighted by Crippen LogP contribution is -1.99. The number of non-ortho nitro benzene ring substituents is 1. The van der Waals surface area contributed by atoms with Gasteiger partial charge >= 0.3 is 0 Å². The van der Waals surface area contributed by atoms with Crippen molar-refractivity contribution in [1.29, 1.82) is 0 Å². The number of para-hydroxylation sites is 1. The van der Waals surface area contributed by atoms with E-state index in [1.807, 2.05) is 47.2 Å². The number of benzene rings is 2. The Morgan fingerprint density at radius 2 is 1.92 bits per heavy atom. The first-order valence-corrected chi connectivity index (χ1v) is 8.59. The van der Waals surface area contributed by atoms with Crippen LogP contribution < -0.4 is 5.43 Å². The largest absolute Gasteiger partial charge is 0.316 e. The van der Waals surface area contributed by atoms with E-state index in [0.29, 0.717) is 0 Å². The van der Waals surface area contributed by atoms with Gasteiger partial charge in [0.25, 0.3) is 5.69 Å². The highest BCUT2D eigenvalue weighted by atomic mass is 32.1. The lowest BCUT2D eigenvalue weighted by Gasteiger charge is -2.05. The number of thiazole rings is 1. The smallest absolute Gasteiger partial charge is 0.269 e. The topological polar surface area (TPSA) is 85.3 Å². The Morgan fingerprint density at radius 1 is 1.12 bits per heavy atom. The number of nitrogens with zero attached hydrogens (tertiary/aromatic N) is 4. The van der Waals surface area contributed by atoms with Gasteiger partial charge in [-0.25, -0.2) is 4.98 Å². The summed E-state index contributed by atoms with van der Waals surface area (Å²) < 4.78 is 2.99. The number of hydrogen-bond donors (Lipinski definition) is 1.